The molecule has 0 spiro atoms. The van der Waals surface area contributed by atoms with Crippen molar-refractivity contribution in [3.63, 3.8) is 0 Å². The van der Waals surface area contributed by atoms with Gasteiger partial charge in [0.15, 0.2) is 0 Å². The zero-order valence-electron chi connectivity index (χ0n) is 16.7. The number of anilines is 1. The Morgan fingerprint density at radius 3 is 2.10 bits per heavy atom. The molecule has 31 heavy (non-hydrogen) atoms. The number of benzene rings is 3. The van der Waals surface area contributed by atoms with E-state index in [1.54, 1.807) is 6.07 Å². The van der Waals surface area contributed by atoms with Crippen LogP contribution < -0.4 is 10.0 Å². The second-order valence-electron chi connectivity index (χ2n) is 8.71. The van der Waals surface area contributed by atoms with Crippen molar-refractivity contribution >= 4 is 23.5 Å². The molecule has 1 fully saturated rings. The third-order valence-corrected chi connectivity index (χ3v) is 7.38. The van der Waals surface area contributed by atoms with Crippen LogP contribution in [0.1, 0.15) is 45.5 Å². The fraction of sp³-hybridized carbons (Fsp3) is 0.192. The lowest BCUT2D eigenvalue weighted by Gasteiger charge is -2.52. The first-order valence-electron chi connectivity index (χ1n) is 10.3. The predicted molar refractivity (Wildman–Crippen MR) is 111 cm³/mol. The second-order valence-corrected chi connectivity index (χ2v) is 8.71. The maximum atomic E-state index is 13.8. The summed E-state index contributed by atoms with van der Waals surface area (Å²) in [6.45, 7) is 2.06. The molecule has 2 atom stereocenters. The van der Waals surface area contributed by atoms with Gasteiger partial charge in [0.1, 0.15) is 0 Å². The van der Waals surface area contributed by atoms with E-state index < -0.39 is 23.2 Å². The summed E-state index contributed by atoms with van der Waals surface area (Å²) < 4.78 is 0. The molecule has 5 heteroatoms. The van der Waals surface area contributed by atoms with Gasteiger partial charge in [-0.25, -0.2) is 4.90 Å². The van der Waals surface area contributed by atoms with Gasteiger partial charge in [0.25, 0.3) is 0 Å². The highest BCUT2D eigenvalue weighted by Gasteiger charge is 2.66. The smallest absolute Gasteiger partial charge is 0.238 e. The molecule has 1 aliphatic heterocycles. The molecule has 3 aromatic rings. The van der Waals surface area contributed by atoms with Crippen molar-refractivity contribution < 1.29 is 19.5 Å². The molecule has 0 aromatic heterocycles. The van der Waals surface area contributed by atoms with Gasteiger partial charge in [0.2, 0.25) is 11.8 Å². The van der Waals surface area contributed by atoms with E-state index in [0.717, 1.165) is 22.3 Å². The molecule has 4 aliphatic rings. The first kappa shape index (κ1) is 18.1. The third kappa shape index (κ3) is 2.08. The van der Waals surface area contributed by atoms with Crippen LogP contribution in [0.5, 0.6) is 0 Å². The summed E-state index contributed by atoms with van der Waals surface area (Å²) in [4.78, 5) is 40.0. The van der Waals surface area contributed by atoms with E-state index in [-0.39, 0.29) is 29.0 Å². The fourth-order valence-corrected chi connectivity index (χ4v) is 6.18. The SMILES string of the molecule is CC12c3ccccc3C(c3ccccc31)[C@@H]1C(=O)N(c3cccc(C(=O)[O-])c3)C(=O)[C@H]12. The minimum atomic E-state index is -1.34. The van der Waals surface area contributed by atoms with Gasteiger partial charge in [0.05, 0.1) is 23.5 Å². The lowest BCUT2D eigenvalue weighted by Crippen LogP contribution is -2.51. The summed E-state index contributed by atoms with van der Waals surface area (Å²) in [6, 6.07) is 22.0. The zero-order chi connectivity index (χ0) is 21.5. The highest BCUT2D eigenvalue weighted by atomic mass is 16.4. The van der Waals surface area contributed by atoms with Crippen molar-refractivity contribution in [3.05, 3.63) is 101 Å². The average Bonchev–Trinajstić information content (AvgIpc) is 3.06. The minimum Gasteiger partial charge on any atom is -0.545 e. The number of hydrogen-bond acceptors (Lipinski definition) is 4. The highest BCUT2D eigenvalue weighted by molar-refractivity contribution is 6.24. The van der Waals surface area contributed by atoms with Crippen LogP contribution in [0.4, 0.5) is 5.69 Å². The molecule has 1 heterocycles. The maximum absolute atomic E-state index is 13.8. The van der Waals surface area contributed by atoms with Gasteiger partial charge in [-0.3, -0.25) is 9.59 Å². The van der Waals surface area contributed by atoms with E-state index in [0.29, 0.717) is 0 Å². The first-order valence-corrected chi connectivity index (χ1v) is 10.3. The normalized spacial score (nSPS) is 27.6. The van der Waals surface area contributed by atoms with Crippen molar-refractivity contribution in [1.29, 1.82) is 0 Å². The Bertz CT molecular complexity index is 1260. The Kier molecular flexibility index (Phi) is 3.45. The molecule has 3 aliphatic carbocycles. The molecule has 3 aromatic carbocycles. The Labute approximate surface area is 178 Å². The molecule has 1 saturated heterocycles. The molecular formula is C26H18NO4-. The van der Waals surface area contributed by atoms with Gasteiger partial charge < -0.3 is 9.90 Å². The highest BCUT2D eigenvalue weighted by Crippen LogP contribution is 2.64. The number of hydrogen-bond donors (Lipinski definition) is 0. The standard InChI is InChI=1S/C26H19NO4/c1-26-18-11-4-2-9-16(18)20(17-10-3-5-12-19(17)26)21-22(26)24(29)27(23(21)28)15-8-6-7-14(13-15)25(30)31/h2-13,20-22H,1H3,(H,30,31)/p-1/t20?,21-,22-,26?/m0/s1. The van der Waals surface area contributed by atoms with E-state index in [4.69, 9.17) is 0 Å². The summed E-state index contributed by atoms with van der Waals surface area (Å²) >= 11 is 0. The lowest BCUT2D eigenvalue weighted by atomic mass is 9.48. The largest absolute Gasteiger partial charge is 0.545 e. The summed E-state index contributed by atoms with van der Waals surface area (Å²) in [5.41, 5.74) is 3.95. The predicted octanol–water partition coefficient (Wildman–Crippen LogP) is 2.62. The fourth-order valence-electron chi connectivity index (χ4n) is 6.18. The molecule has 0 radical (unpaired) electrons. The number of aromatic carboxylic acids is 1. The molecule has 7 rings (SSSR count). The average molecular weight is 408 g/mol. The van der Waals surface area contributed by atoms with Crippen LogP contribution in [0.15, 0.2) is 72.8 Å². The zero-order valence-corrected chi connectivity index (χ0v) is 16.7. The number of carboxylic acid groups (broad SMARTS) is 1. The summed E-state index contributed by atoms with van der Waals surface area (Å²) in [7, 11) is 0. The molecule has 0 N–H and O–H groups in total. The van der Waals surface area contributed by atoms with Gasteiger partial charge in [-0.1, -0.05) is 67.6 Å². The van der Waals surface area contributed by atoms with Gasteiger partial charge in [-0.15, -0.1) is 0 Å². The number of nitrogens with zero attached hydrogens (tertiary/aromatic N) is 1. The van der Waals surface area contributed by atoms with Crippen molar-refractivity contribution in [1.82, 2.24) is 0 Å². The molecule has 0 unspecified atom stereocenters. The van der Waals surface area contributed by atoms with Crippen molar-refractivity contribution in [2.45, 2.75) is 18.3 Å². The van der Waals surface area contributed by atoms with Crippen LogP contribution in [0.2, 0.25) is 0 Å². The first-order chi connectivity index (χ1) is 14.9. The van der Waals surface area contributed by atoms with Gasteiger partial charge in [-0.2, -0.15) is 0 Å². The summed E-state index contributed by atoms with van der Waals surface area (Å²) in [5, 5.41) is 11.3. The van der Waals surface area contributed by atoms with Gasteiger partial charge in [-0.05, 0) is 39.9 Å². The number of carboxylic acids is 1. The lowest BCUT2D eigenvalue weighted by molar-refractivity contribution is -0.255. The monoisotopic (exact) mass is 408 g/mol. The molecule has 152 valence electrons. The Hall–Kier alpha value is -3.73. The van der Waals surface area contributed by atoms with Crippen LogP contribution in [0, 0.1) is 11.8 Å². The number of rotatable bonds is 2. The molecule has 5 nitrogen and oxygen atoms in total. The van der Waals surface area contributed by atoms with Crippen LogP contribution in [0.3, 0.4) is 0 Å². The molecule has 2 amide bonds. The number of imide groups is 1. The van der Waals surface area contributed by atoms with E-state index in [1.807, 2.05) is 24.3 Å². The van der Waals surface area contributed by atoms with Crippen LogP contribution in [0.25, 0.3) is 0 Å². The van der Waals surface area contributed by atoms with Crippen LogP contribution >= 0.6 is 0 Å². The second kappa shape index (κ2) is 5.91. The Morgan fingerprint density at radius 1 is 0.871 bits per heavy atom. The van der Waals surface area contributed by atoms with Gasteiger partial charge >= 0.3 is 0 Å². The maximum Gasteiger partial charge on any atom is 0.238 e. The molecule has 0 saturated carbocycles. The minimum absolute atomic E-state index is 0.0614. The van der Waals surface area contributed by atoms with Crippen molar-refractivity contribution in [2.75, 3.05) is 4.90 Å². The number of amides is 2. The van der Waals surface area contributed by atoms with E-state index in [1.165, 1.54) is 23.1 Å². The summed E-state index contributed by atoms with van der Waals surface area (Å²) in [5.74, 6) is -3.15. The topological polar surface area (TPSA) is 77.5 Å². The van der Waals surface area contributed by atoms with Crippen LogP contribution in [-0.2, 0) is 15.0 Å². The summed E-state index contributed by atoms with van der Waals surface area (Å²) in [6.07, 6.45) is 0. The van der Waals surface area contributed by atoms with E-state index in [2.05, 4.69) is 31.2 Å². The van der Waals surface area contributed by atoms with E-state index >= 15 is 0 Å². The van der Waals surface area contributed by atoms with Crippen molar-refractivity contribution in [3.8, 4) is 0 Å². The van der Waals surface area contributed by atoms with Crippen LogP contribution in [-0.4, -0.2) is 17.8 Å². The van der Waals surface area contributed by atoms with Gasteiger partial charge in [0, 0.05) is 11.3 Å². The third-order valence-electron chi connectivity index (χ3n) is 7.38. The number of carbonyl (C=O) groups is 3. The molecular weight excluding hydrogens is 390 g/mol. The van der Waals surface area contributed by atoms with Crippen molar-refractivity contribution in [2.24, 2.45) is 11.8 Å². The van der Waals surface area contributed by atoms with E-state index in [9.17, 15) is 19.5 Å². The number of carbonyl (C=O) groups excluding carboxylic acids is 3. The molecule has 2 bridgehead atoms. The quantitative estimate of drug-likeness (QED) is 0.611. The Balaban J connectivity index is 1.58. The Morgan fingerprint density at radius 2 is 1.48 bits per heavy atom.